The van der Waals surface area contributed by atoms with Crippen LogP contribution in [0.1, 0.15) is 73.3 Å². The molecule has 250 valence electrons. The maximum atomic E-state index is 6.55. The largest absolute Gasteiger partial charge is 0.493 e. The van der Waals surface area contributed by atoms with Gasteiger partial charge in [0, 0.05) is 42.7 Å². The molecule has 0 spiro atoms. The summed E-state index contributed by atoms with van der Waals surface area (Å²) in [5, 5.41) is 0.734. The van der Waals surface area contributed by atoms with Gasteiger partial charge in [-0.05, 0) is 83.5 Å². The molecule has 0 unspecified atom stereocenters. The topological polar surface area (TPSA) is 58.0 Å². The number of fused-ring (bicyclic) bond motifs is 1. The van der Waals surface area contributed by atoms with Crippen molar-refractivity contribution in [2.75, 3.05) is 32.8 Å². The maximum Gasteiger partial charge on any atom is 0.151 e. The molecule has 0 aliphatic rings. The molecule has 0 aliphatic carbocycles. The van der Waals surface area contributed by atoms with E-state index in [2.05, 4.69) is 48.4 Å². The molecule has 4 aromatic rings. The van der Waals surface area contributed by atoms with Gasteiger partial charge in [-0.15, -0.1) is 0 Å². The molecule has 0 radical (unpaired) electrons. The lowest BCUT2D eigenvalue weighted by atomic mass is 10.1. The summed E-state index contributed by atoms with van der Waals surface area (Å²) in [6.45, 7) is 19.7. The molecule has 4 rings (SSSR count). The summed E-state index contributed by atoms with van der Waals surface area (Å²) in [6.07, 6.45) is 3.79. The first kappa shape index (κ1) is 35.4. The van der Waals surface area contributed by atoms with Crippen molar-refractivity contribution in [2.24, 2.45) is 0 Å². The van der Waals surface area contributed by atoms with Crippen LogP contribution in [-0.4, -0.2) is 59.5 Å². The van der Waals surface area contributed by atoms with Crippen LogP contribution in [-0.2, 0) is 13.0 Å². The number of nitrogens with zero attached hydrogens (tertiary/aromatic N) is 3. The summed E-state index contributed by atoms with van der Waals surface area (Å²) in [5.74, 6) is 3.87. The first-order valence-electron chi connectivity index (χ1n) is 17.0. The molecule has 0 bridgehead atoms. The van der Waals surface area contributed by atoms with Gasteiger partial charge in [-0.3, -0.25) is 0 Å². The Morgan fingerprint density at radius 2 is 1.57 bits per heavy atom. The molecule has 46 heavy (non-hydrogen) atoms. The summed E-state index contributed by atoms with van der Waals surface area (Å²) in [7, 11) is 0. The van der Waals surface area contributed by atoms with Crippen LogP contribution in [0.3, 0.4) is 0 Å². The van der Waals surface area contributed by atoms with Crippen LogP contribution in [0.4, 0.5) is 0 Å². The monoisotopic (exact) mass is 649 g/mol. The fourth-order valence-corrected chi connectivity index (χ4v) is 5.70. The van der Waals surface area contributed by atoms with Crippen molar-refractivity contribution in [3.8, 4) is 34.4 Å². The van der Waals surface area contributed by atoms with Crippen molar-refractivity contribution in [1.29, 1.82) is 0 Å². The third kappa shape index (κ3) is 9.79. The summed E-state index contributed by atoms with van der Waals surface area (Å²) in [6, 6.07) is 18.1. The minimum absolute atomic E-state index is 0.00483. The van der Waals surface area contributed by atoms with Gasteiger partial charge in [0.05, 0.1) is 36.5 Å². The third-order valence-corrected chi connectivity index (χ3v) is 8.01. The van der Waals surface area contributed by atoms with Gasteiger partial charge >= 0.3 is 0 Å². The van der Waals surface area contributed by atoms with Gasteiger partial charge in [0.2, 0.25) is 0 Å². The first-order chi connectivity index (χ1) is 22.2. The van der Waals surface area contributed by atoms with Crippen molar-refractivity contribution < 1.29 is 18.9 Å². The van der Waals surface area contributed by atoms with Crippen molar-refractivity contribution in [3.05, 3.63) is 65.2 Å². The Morgan fingerprint density at radius 3 is 2.26 bits per heavy atom. The second-order valence-corrected chi connectivity index (χ2v) is 12.6. The van der Waals surface area contributed by atoms with E-state index in [-0.39, 0.29) is 12.2 Å². The number of imidazole rings is 1. The molecule has 0 saturated heterocycles. The fourth-order valence-electron chi connectivity index (χ4n) is 5.49. The lowest BCUT2D eigenvalue weighted by Gasteiger charge is -2.19. The number of hydrogen-bond donors (Lipinski definition) is 0. The molecule has 0 aliphatic heterocycles. The molecule has 3 aromatic carbocycles. The third-order valence-electron chi connectivity index (χ3n) is 7.78. The maximum absolute atomic E-state index is 6.55. The van der Waals surface area contributed by atoms with Gasteiger partial charge in [-0.25, -0.2) is 4.98 Å². The Balaban J connectivity index is 1.73. The molecule has 0 amide bonds. The smallest absolute Gasteiger partial charge is 0.151 e. The van der Waals surface area contributed by atoms with E-state index in [1.165, 1.54) is 0 Å². The second-order valence-electron chi connectivity index (χ2n) is 12.2. The number of benzene rings is 3. The standard InChI is InChI=1S/C38H52ClN3O4/c1-8-11-20-42-34-24-32(45-27(4)5)26-36(46-28(6)7)37(34)40-38(42)33-17-16-31(43-22-18-29-14-12-15-30(39)23-29)25-35(33)44-21-13-19-41(9-2)10-3/h12,14-17,23-28H,8-11,13,18-22H2,1-7H3. The number of aryl methyl sites for hydroxylation is 1. The average molecular weight is 650 g/mol. The number of unbranched alkanes of at least 4 members (excludes halogenated alkanes) is 1. The normalized spacial score (nSPS) is 11.6. The van der Waals surface area contributed by atoms with Gasteiger partial charge in [0.1, 0.15) is 28.6 Å². The number of aromatic nitrogens is 2. The van der Waals surface area contributed by atoms with Crippen molar-refractivity contribution in [2.45, 2.75) is 92.9 Å². The summed E-state index contributed by atoms with van der Waals surface area (Å²) in [5.41, 5.74) is 3.89. The predicted octanol–water partition coefficient (Wildman–Crippen LogP) is 9.46. The number of hydrogen-bond acceptors (Lipinski definition) is 6. The Morgan fingerprint density at radius 1 is 0.804 bits per heavy atom. The van der Waals surface area contributed by atoms with Gasteiger partial charge in [-0.2, -0.15) is 0 Å². The molecule has 1 aromatic heterocycles. The lowest BCUT2D eigenvalue weighted by molar-refractivity contribution is 0.231. The zero-order chi connectivity index (χ0) is 33.1. The van der Waals surface area contributed by atoms with Gasteiger partial charge in [0.25, 0.3) is 0 Å². The number of halogens is 1. The van der Waals surface area contributed by atoms with Gasteiger partial charge < -0.3 is 28.4 Å². The Kier molecular flexibility index (Phi) is 13.5. The summed E-state index contributed by atoms with van der Waals surface area (Å²) < 4.78 is 27.5. The highest BCUT2D eigenvalue weighted by Crippen LogP contribution is 2.39. The van der Waals surface area contributed by atoms with Crippen LogP contribution in [0.5, 0.6) is 23.0 Å². The molecule has 8 heteroatoms. The van der Waals surface area contributed by atoms with E-state index in [0.717, 1.165) is 108 Å². The van der Waals surface area contributed by atoms with Crippen LogP contribution in [0.15, 0.2) is 54.6 Å². The molecular weight excluding hydrogens is 598 g/mol. The van der Waals surface area contributed by atoms with Crippen molar-refractivity contribution >= 4 is 22.6 Å². The van der Waals surface area contributed by atoms with Gasteiger partial charge in [0.15, 0.2) is 5.75 Å². The SMILES string of the molecule is CCCCn1c(-c2ccc(OCCc3cccc(Cl)c3)cc2OCCCN(CC)CC)nc2c(OC(C)C)cc(OC(C)C)cc21. The molecule has 1 heterocycles. The van der Waals surface area contributed by atoms with E-state index < -0.39 is 0 Å². The minimum atomic E-state index is -0.00483. The number of rotatable bonds is 19. The minimum Gasteiger partial charge on any atom is -0.493 e. The highest BCUT2D eigenvalue weighted by molar-refractivity contribution is 6.30. The van der Waals surface area contributed by atoms with E-state index in [1.807, 2.05) is 64.1 Å². The van der Waals surface area contributed by atoms with E-state index in [1.54, 1.807) is 0 Å². The average Bonchev–Trinajstić information content (AvgIpc) is 3.38. The molecule has 7 nitrogen and oxygen atoms in total. The fraction of sp³-hybridized carbons (Fsp3) is 0.500. The second kappa shape index (κ2) is 17.5. The molecular formula is C38H52ClN3O4. The van der Waals surface area contributed by atoms with E-state index in [0.29, 0.717) is 13.2 Å². The first-order valence-corrected chi connectivity index (χ1v) is 17.3. The van der Waals surface area contributed by atoms with Gasteiger partial charge in [-0.1, -0.05) is 50.9 Å². The van der Waals surface area contributed by atoms with Crippen LogP contribution < -0.4 is 18.9 Å². The molecule has 0 atom stereocenters. The van der Waals surface area contributed by atoms with E-state index in [9.17, 15) is 0 Å². The van der Waals surface area contributed by atoms with Crippen LogP contribution >= 0.6 is 11.6 Å². The Bertz CT molecular complexity index is 1530. The lowest BCUT2D eigenvalue weighted by Crippen LogP contribution is -2.25. The summed E-state index contributed by atoms with van der Waals surface area (Å²) >= 11 is 6.19. The van der Waals surface area contributed by atoms with Crippen LogP contribution in [0.2, 0.25) is 5.02 Å². The van der Waals surface area contributed by atoms with E-state index >= 15 is 0 Å². The Hall–Kier alpha value is -3.42. The van der Waals surface area contributed by atoms with E-state index in [4.69, 9.17) is 35.5 Å². The highest BCUT2D eigenvalue weighted by Gasteiger charge is 2.22. The van der Waals surface area contributed by atoms with Crippen LogP contribution in [0, 0.1) is 0 Å². The van der Waals surface area contributed by atoms with Crippen molar-refractivity contribution in [1.82, 2.24) is 14.5 Å². The quantitative estimate of drug-likeness (QED) is 0.0943. The predicted molar refractivity (Wildman–Crippen MR) is 190 cm³/mol. The zero-order valence-corrected chi connectivity index (χ0v) is 29.5. The zero-order valence-electron chi connectivity index (χ0n) is 28.8. The summed E-state index contributed by atoms with van der Waals surface area (Å²) in [4.78, 5) is 7.65. The van der Waals surface area contributed by atoms with Crippen LogP contribution in [0.25, 0.3) is 22.4 Å². The Labute approximate surface area is 280 Å². The molecule has 0 saturated carbocycles. The van der Waals surface area contributed by atoms with Crippen molar-refractivity contribution in [3.63, 3.8) is 0 Å². The number of ether oxygens (including phenoxy) is 4. The molecule has 0 fully saturated rings. The molecule has 0 N–H and O–H groups in total. The highest BCUT2D eigenvalue weighted by atomic mass is 35.5.